The summed E-state index contributed by atoms with van der Waals surface area (Å²) >= 11 is 0. The number of aldehydes is 1. The van der Waals surface area contributed by atoms with Crippen LogP contribution in [0, 0.1) is 6.92 Å². The molecule has 1 aromatic heterocycles. The number of hydrogen-bond donors (Lipinski definition) is 0. The molecule has 1 aromatic rings. The summed E-state index contributed by atoms with van der Waals surface area (Å²) in [6.45, 7) is 2.70. The fraction of sp³-hybridized carbons (Fsp3) is 0.538. The van der Waals surface area contributed by atoms with E-state index < -0.39 is 12.7 Å². The molecule has 0 atom stereocenters. The fourth-order valence-electron chi connectivity index (χ4n) is 2.36. The summed E-state index contributed by atoms with van der Waals surface area (Å²) in [6.07, 6.45) is -1.94. The van der Waals surface area contributed by atoms with Gasteiger partial charge in [-0.05, 0) is 18.6 Å². The van der Waals surface area contributed by atoms with Gasteiger partial charge in [-0.2, -0.15) is 13.2 Å². The Kier molecular flexibility index (Phi) is 4.27. The van der Waals surface area contributed by atoms with Crippen molar-refractivity contribution in [2.24, 2.45) is 0 Å². The molecule has 0 bridgehead atoms. The number of halogens is 3. The van der Waals surface area contributed by atoms with Crippen molar-refractivity contribution in [2.75, 3.05) is 37.6 Å². The van der Waals surface area contributed by atoms with Crippen molar-refractivity contribution in [2.45, 2.75) is 13.1 Å². The van der Waals surface area contributed by atoms with E-state index in [-0.39, 0.29) is 0 Å². The van der Waals surface area contributed by atoms with Crippen LogP contribution in [-0.2, 0) is 0 Å². The van der Waals surface area contributed by atoms with Crippen molar-refractivity contribution in [1.82, 2.24) is 9.88 Å². The Hall–Kier alpha value is -1.63. The van der Waals surface area contributed by atoms with Crippen LogP contribution in [0.25, 0.3) is 0 Å². The van der Waals surface area contributed by atoms with E-state index in [1.54, 1.807) is 6.07 Å². The minimum Gasteiger partial charge on any atom is -0.354 e. The smallest absolute Gasteiger partial charge is 0.354 e. The summed E-state index contributed by atoms with van der Waals surface area (Å²) in [5, 5.41) is 0. The third kappa shape index (κ3) is 3.69. The number of pyridine rings is 1. The highest BCUT2D eigenvalue weighted by Gasteiger charge is 2.32. The molecule has 1 aliphatic rings. The van der Waals surface area contributed by atoms with Crippen LogP contribution >= 0.6 is 0 Å². The lowest BCUT2D eigenvalue weighted by molar-refractivity contribution is -0.146. The number of alkyl halides is 3. The maximum absolute atomic E-state index is 12.3. The second-order valence-electron chi connectivity index (χ2n) is 4.91. The van der Waals surface area contributed by atoms with E-state index in [4.69, 9.17) is 0 Å². The Balaban J connectivity index is 1.98. The number of carbonyl (C=O) groups excluding carboxylic acids is 1. The van der Waals surface area contributed by atoms with E-state index in [2.05, 4.69) is 4.98 Å². The first-order chi connectivity index (χ1) is 9.39. The molecule has 2 rings (SSSR count). The normalized spacial score (nSPS) is 17.3. The molecule has 0 spiro atoms. The maximum Gasteiger partial charge on any atom is 0.401 e. The molecular weight excluding hydrogens is 271 g/mol. The molecule has 0 amide bonds. The average Bonchev–Trinajstić information content (AvgIpc) is 2.38. The number of aromatic nitrogens is 1. The first-order valence-electron chi connectivity index (χ1n) is 6.35. The van der Waals surface area contributed by atoms with Gasteiger partial charge in [0.2, 0.25) is 0 Å². The van der Waals surface area contributed by atoms with Gasteiger partial charge in [-0.1, -0.05) is 0 Å². The zero-order chi connectivity index (χ0) is 14.8. The van der Waals surface area contributed by atoms with Gasteiger partial charge in [0.25, 0.3) is 0 Å². The SMILES string of the molecule is Cc1cc(C=O)cnc1N1CCN(CC(F)(F)F)CC1. The van der Waals surface area contributed by atoms with Crippen LogP contribution in [0.5, 0.6) is 0 Å². The van der Waals surface area contributed by atoms with Crippen LogP contribution in [0.1, 0.15) is 15.9 Å². The van der Waals surface area contributed by atoms with Gasteiger partial charge in [0.05, 0.1) is 6.54 Å². The Morgan fingerprint density at radius 1 is 1.30 bits per heavy atom. The molecule has 2 heterocycles. The summed E-state index contributed by atoms with van der Waals surface area (Å²) in [5.74, 6) is 0.738. The van der Waals surface area contributed by atoms with E-state index in [9.17, 15) is 18.0 Å². The minimum absolute atomic E-state index is 0.357. The summed E-state index contributed by atoms with van der Waals surface area (Å²) in [4.78, 5) is 18.2. The zero-order valence-corrected chi connectivity index (χ0v) is 11.2. The van der Waals surface area contributed by atoms with Crippen LogP contribution in [0.3, 0.4) is 0 Å². The van der Waals surface area contributed by atoms with Crippen molar-refractivity contribution >= 4 is 12.1 Å². The predicted molar refractivity (Wildman–Crippen MR) is 69.1 cm³/mol. The third-order valence-electron chi connectivity index (χ3n) is 3.28. The number of carbonyl (C=O) groups is 1. The van der Waals surface area contributed by atoms with Crippen LogP contribution in [-0.4, -0.2) is 55.1 Å². The molecular formula is C13H16F3N3O. The summed E-state index contributed by atoms with van der Waals surface area (Å²) in [7, 11) is 0. The number of aryl methyl sites for hydroxylation is 1. The van der Waals surface area contributed by atoms with Crippen molar-refractivity contribution in [3.05, 3.63) is 23.4 Å². The molecule has 0 saturated carbocycles. The van der Waals surface area contributed by atoms with Crippen LogP contribution in [0.15, 0.2) is 12.3 Å². The van der Waals surface area contributed by atoms with E-state index in [1.165, 1.54) is 11.1 Å². The van der Waals surface area contributed by atoms with Crippen LogP contribution < -0.4 is 4.90 Å². The van der Waals surface area contributed by atoms with Crippen molar-refractivity contribution in [3.8, 4) is 0 Å². The molecule has 1 fully saturated rings. The van der Waals surface area contributed by atoms with Gasteiger partial charge in [-0.3, -0.25) is 9.69 Å². The molecule has 0 aliphatic carbocycles. The first-order valence-corrected chi connectivity index (χ1v) is 6.35. The number of anilines is 1. The second kappa shape index (κ2) is 5.78. The first kappa shape index (κ1) is 14.8. The Morgan fingerprint density at radius 2 is 1.95 bits per heavy atom. The number of piperazine rings is 1. The number of nitrogens with zero attached hydrogens (tertiary/aromatic N) is 3. The molecule has 110 valence electrons. The average molecular weight is 287 g/mol. The summed E-state index contributed by atoms with van der Waals surface area (Å²) < 4.78 is 36.9. The quantitative estimate of drug-likeness (QED) is 0.796. The highest BCUT2D eigenvalue weighted by Crippen LogP contribution is 2.21. The third-order valence-corrected chi connectivity index (χ3v) is 3.28. The Labute approximate surface area is 115 Å². The standard InChI is InChI=1S/C13H16F3N3O/c1-10-6-11(8-20)7-17-12(10)19-4-2-18(3-5-19)9-13(14,15)16/h6-8H,2-5,9H2,1H3. The molecule has 0 radical (unpaired) electrons. The van der Waals surface area contributed by atoms with Gasteiger partial charge in [-0.15, -0.1) is 0 Å². The van der Waals surface area contributed by atoms with Gasteiger partial charge in [-0.25, -0.2) is 4.98 Å². The molecule has 4 nitrogen and oxygen atoms in total. The van der Waals surface area contributed by atoms with E-state index in [0.717, 1.165) is 17.7 Å². The Bertz CT molecular complexity index is 482. The number of rotatable bonds is 3. The topological polar surface area (TPSA) is 36.4 Å². The fourth-order valence-corrected chi connectivity index (χ4v) is 2.36. The molecule has 20 heavy (non-hydrogen) atoms. The van der Waals surface area contributed by atoms with E-state index in [0.29, 0.717) is 31.7 Å². The van der Waals surface area contributed by atoms with Gasteiger partial charge in [0.1, 0.15) is 5.82 Å². The molecule has 7 heteroatoms. The number of hydrogen-bond acceptors (Lipinski definition) is 4. The van der Waals surface area contributed by atoms with Crippen molar-refractivity contribution in [1.29, 1.82) is 0 Å². The van der Waals surface area contributed by atoms with Gasteiger partial charge in [0.15, 0.2) is 6.29 Å². The van der Waals surface area contributed by atoms with Gasteiger partial charge >= 0.3 is 6.18 Å². The van der Waals surface area contributed by atoms with E-state index >= 15 is 0 Å². The molecule has 0 aromatic carbocycles. The van der Waals surface area contributed by atoms with E-state index in [1.807, 2.05) is 11.8 Å². The highest BCUT2D eigenvalue weighted by atomic mass is 19.4. The second-order valence-corrected chi connectivity index (χ2v) is 4.91. The zero-order valence-electron chi connectivity index (χ0n) is 11.2. The van der Waals surface area contributed by atoms with Crippen molar-refractivity contribution in [3.63, 3.8) is 0 Å². The molecule has 0 unspecified atom stereocenters. The minimum atomic E-state index is -4.15. The Morgan fingerprint density at radius 3 is 2.45 bits per heavy atom. The summed E-state index contributed by atoms with van der Waals surface area (Å²) in [5.41, 5.74) is 1.36. The maximum atomic E-state index is 12.3. The largest absolute Gasteiger partial charge is 0.401 e. The summed E-state index contributed by atoms with van der Waals surface area (Å²) in [6, 6.07) is 1.73. The van der Waals surface area contributed by atoms with Gasteiger partial charge in [0, 0.05) is 37.9 Å². The van der Waals surface area contributed by atoms with Crippen LogP contribution in [0.2, 0.25) is 0 Å². The molecule has 1 aliphatic heterocycles. The highest BCUT2D eigenvalue weighted by molar-refractivity contribution is 5.75. The van der Waals surface area contributed by atoms with Crippen molar-refractivity contribution < 1.29 is 18.0 Å². The molecule has 0 N–H and O–H groups in total. The van der Waals surface area contributed by atoms with Crippen LogP contribution in [0.4, 0.5) is 19.0 Å². The molecule has 1 saturated heterocycles. The lowest BCUT2D eigenvalue weighted by atomic mass is 10.2. The predicted octanol–water partition coefficient (Wildman–Crippen LogP) is 1.89. The monoisotopic (exact) mass is 287 g/mol. The lowest BCUT2D eigenvalue weighted by Crippen LogP contribution is -2.49. The lowest BCUT2D eigenvalue weighted by Gasteiger charge is -2.36. The van der Waals surface area contributed by atoms with Gasteiger partial charge < -0.3 is 4.90 Å².